The molecule has 0 aliphatic heterocycles. The molecular weight excluding hydrogens is 314 g/mol. The Kier molecular flexibility index (Phi) is 4.95. The van der Waals surface area contributed by atoms with Crippen molar-refractivity contribution >= 4 is 28.6 Å². The van der Waals surface area contributed by atoms with Crippen molar-refractivity contribution in [2.75, 3.05) is 11.9 Å². The number of hydrazone groups is 1. The van der Waals surface area contributed by atoms with Crippen LogP contribution in [0.15, 0.2) is 65.8 Å². The normalized spacial score (nSPS) is 10.9. The summed E-state index contributed by atoms with van der Waals surface area (Å²) in [6.45, 7) is 1.91. The summed E-state index contributed by atoms with van der Waals surface area (Å²) in [5, 5.41) is 19.1. The molecule has 0 aliphatic carbocycles. The standard InChI is InChI=1S/C20H19N3O2/c1-14-6-4-9-16(20(14)25)12-22-23-19(24)13-21-18-11-5-8-15-7-2-3-10-17(15)18/h2-12,21,25H,13H2,1H3,(H,23,24)/b22-12-. The molecule has 0 saturated carbocycles. The summed E-state index contributed by atoms with van der Waals surface area (Å²) in [5.41, 5.74) is 4.66. The Bertz CT molecular complexity index is 930. The maximum atomic E-state index is 11.9. The number of carbonyl (C=O) groups is 1. The molecule has 126 valence electrons. The van der Waals surface area contributed by atoms with Crippen LogP contribution in [-0.4, -0.2) is 23.8 Å². The molecule has 0 spiro atoms. The Balaban J connectivity index is 1.59. The third-order valence-corrected chi connectivity index (χ3v) is 3.89. The summed E-state index contributed by atoms with van der Waals surface area (Å²) in [4.78, 5) is 11.9. The summed E-state index contributed by atoms with van der Waals surface area (Å²) >= 11 is 0. The van der Waals surface area contributed by atoms with Crippen LogP contribution in [0.4, 0.5) is 5.69 Å². The van der Waals surface area contributed by atoms with Gasteiger partial charge in [-0.05, 0) is 30.0 Å². The summed E-state index contributed by atoms with van der Waals surface area (Å²) in [5.74, 6) is -0.106. The largest absolute Gasteiger partial charge is 0.507 e. The van der Waals surface area contributed by atoms with E-state index >= 15 is 0 Å². The van der Waals surface area contributed by atoms with E-state index in [0.29, 0.717) is 5.56 Å². The van der Waals surface area contributed by atoms with E-state index < -0.39 is 0 Å². The molecule has 3 N–H and O–H groups in total. The third kappa shape index (κ3) is 3.95. The minimum Gasteiger partial charge on any atom is -0.507 e. The van der Waals surface area contributed by atoms with E-state index in [1.807, 2.05) is 48.5 Å². The van der Waals surface area contributed by atoms with Crippen LogP contribution >= 0.6 is 0 Å². The van der Waals surface area contributed by atoms with Crippen LogP contribution in [0.25, 0.3) is 10.8 Å². The lowest BCUT2D eigenvalue weighted by molar-refractivity contribution is -0.119. The minimum absolute atomic E-state index is 0.102. The molecule has 0 unspecified atom stereocenters. The highest BCUT2D eigenvalue weighted by Gasteiger charge is 2.04. The van der Waals surface area contributed by atoms with Crippen molar-refractivity contribution in [2.24, 2.45) is 5.10 Å². The molecule has 0 radical (unpaired) electrons. The number of nitrogens with zero attached hydrogens (tertiary/aromatic N) is 1. The highest BCUT2D eigenvalue weighted by Crippen LogP contribution is 2.22. The number of aromatic hydroxyl groups is 1. The predicted octanol–water partition coefficient (Wildman–Crippen LogP) is 3.42. The van der Waals surface area contributed by atoms with E-state index in [1.165, 1.54) is 6.21 Å². The van der Waals surface area contributed by atoms with Gasteiger partial charge in [-0.2, -0.15) is 5.10 Å². The Labute approximate surface area is 146 Å². The third-order valence-electron chi connectivity index (χ3n) is 3.89. The number of benzene rings is 3. The smallest absolute Gasteiger partial charge is 0.259 e. The van der Waals surface area contributed by atoms with Gasteiger partial charge in [-0.1, -0.05) is 48.5 Å². The number of rotatable bonds is 5. The molecule has 0 atom stereocenters. The highest BCUT2D eigenvalue weighted by molar-refractivity contribution is 5.95. The lowest BCUT2D eigenvalue weighted by atomic mass is 10.1. The van der Waals surface area contributed by atoms with Crippen molar-refractivity contribution < 1.29 is 9.90 Å². The molecule has 3 aromatic rings. The van der Waals surface area contributed by atoms with Crippen molar-refractivity contribution in [1.29, 1.82) is 0 Å². The highest BCUT2D eigenvalue weighted by atomic mass is 16.3. The first-order chi connectivity index (χ1) is 12.1. The lowest BCUT2D eigenvalue weighted by Gasteiger charge is -2.08. The molecule has 0 heterocycles. The summed E-state index contributed by atoms with van der Waals surface area (Å²) in [7, 11) is 0. The van der Waals surface area contributed by atoms with Crippen LogP contribution in [0.1, 0.15) is 11.1 Å². The first-order valence-electron chi connectivity index (χ1n) is 7.97. The van der Waals surface area contributed by atoms with Gasteiger partial charge in [0.15, 0.2) is 0 Å². The van der Waals surface area contributed by atoms with E-state index in [-0.39, 0.29) is 18.2 Å². The van der Waals surface area contributed by atoms with Crippen molar-refractivity contribution in [1.82, 2.24) is 5.43 Å². The van der Waals surface area contributed by atoms with E-state index in [4.69, 9.17) is 0 Å². The number of phenolic OH excluding ortho intramolecular Hbond substituents is 1. The van der Waals surface area contributed by atoms with Gasteiger partial charge in [-0.25, -0.2) is 5.43 Å². The van der Waals surface area contributed by atoms with Crippen LogP contribution in [0.5, 0.6) is 5.75 Å². The Hall–Kier alpha value is -3.34. The fraction of sp³-hybridized carbons (Fsp3) is 0.100. The first kappa shape index (κ1) is 16.5. The van der Waals surface area contributed by atoms with Gasteiger partial charge in [0.25, 0.3) is 5.91 Å². The van der Waals surface area contributed by atoms with E-state index in [2.05, 4.69) is 15.8 Å². The fourth-order valence-corrected chi connectivity index (χ4v) is 2.55. The second kappa shape index (κ2) is 7.49. The SMILES string of the molecule is Cc1cccc(/C=N\NC(=O)CNc2cccc3ccccc23)c1O. The molecule has 0 saturated heterocycles. The average Bonchev–Trinajstić information content (AvgIpc) is 2.63. The lowest BCUT2D eigenvalue weighted by Crippen LogP contribution is -2.25. The van der Waals surface area contributed by atoms with Gasteiger partial charge >= 0.3 is 0 Å². The molecule has 5 nitrogen and oxygen atoms in total. The second-order valence-corrected chi connectivity index (χ2v) is 5.69. The number of phenols is 1. The van der Waals surface area contributed by atoms with Gasteiger partial charge in [-0.3, -0.25) is 4.79 Å². The van der Waals surface area contributed by atoms with Crippen molar-refractivity contribution in [3.63, 3.8) is 0 Å². The summed E-state index contributed by atoms with van der Waals surface area (Å²) in [6, 6.07) is 19.2. The quantitative estimate of drug-likeness (QED) is 0.495. The molecule has 5 heteroatoms. The van der Waals surface area contributed by atoms with Crippen LogP contribution < -0.4 is 10.7 Å². The van der Waals surface area contributed by atoms with Gasteiger partial charge in [0, 0.05) is 16.6 Å². The molecular formula is C20H19N3O2. The van der Waals surface area contributed by atoms with Gasteiger partial charge in [0.05, 0.1) is 12.8 Å². The maximum Gasteiger partial charge on any atom is 0.259 e. The number of carbonyl (C=O) groups excluding carboxylic acids is 1. The minimum atomic E-state index is -0.267. The van der Waals surface area contributed by atoms with Crippen molar-refractivity contribution in [3.8, 4) is 5.75 Å². The number of hydrogen-bond donors (Lipinski definition) is 3. The maximum absolute atomic E-state index is 11.9. The Morgan fingerprint density at radius 3 is 2.72 bits per heavy atom. The molecule has 1 amide bonds. The average molecular weight is 333 g/mol. The number of anilines is 1. The summed E-state index contributed by atoms with van der Waals surface area (Å²) < 4.78 is 0. The first-order valence-corrected chi connectivity index (χ1v) is 7.97. The molecule has 0 aliphatic rings. The van der Waals surface area contributed by atoms with Gasteiger partial charge < -0.3 is 10.4 Å². The van der Waals surface area contributed by atoms with Crippen LogP contribution in [-0.2, 0) is 4.79 Å². The number of hydrogen-bond acceptors (Lipinski definition) is 4. The van der Waals surface area contributed by atoms with E-state index in [0.717, 1.165) is 22.0 Å². The zero-order valence-corrected chi connectivity index (χ0v) is 13.9. The van der Waals surface area contributed by atoms with Crippen LogP contribution in [0, 0.1) is 6.92 Å². The molecule has 3 rings (SSSR count). The van der Waals surface area contributed by atoms with Gasteiger partial charge in [-0.15, -0.1) is 0 Å². The molecule has 0 bridgehead atoms. The second-order valence-electron chi connectivity index (χ2n) is 5.69. The topological polar surface area (TPSA) is 73.7 Å². The zero-order valence-electron chi connectivity index (χ0n) is 13.9. The number of nitrogens with one attached hydrogen (secondary N) is 2. The predicted molar refractivity (Wildman–Crippen MR) is 101 cm³/mol. The van der Waals surface area contributed by atoms with E-state index in [1.54, 1.807) is 19.1 Å². The molecule has 0 aromatic heterocycles. The summed E-state index contributed by atoms with van der Waals surface area (Å²) in [6.07, 6.45) is 1.43. The van der Waals surface area contributed by atoms with Gasteiger partial charge in [0.1, 0.15) is 5.75 Å². The zero-order chi connectivity index (χ0) is 17.6. The van der Waals surface area contributed by atoms with Gasteiger partial charge in [0.2, 0.25) is 0 Å². The van der Waals surface area contributed by atoms with Crippen molar-refractivity contribution in [2.45, 2.75) is 6.92 Å². The Morgan fingerprint density at radius 1 is 1.08 bits per heavy atom. The number of aryl methyl sites for hydroxylation is 1. The van der Waals surface area contributed by atoms with Crippen molar-refractivity contribution in [3.05, 3.63) is 71.8 Å². The molecule has 25 heavy (non-hydrogen) atoms. The number of amides is 1. The van der Waals surface area contributed by atoms with E-state index in [9.17, 15) is 9.90 Å². The number of fused-ring (bicyclic) bond motifs is 1. The monoisotopic (exact) mass is 333 g/mol. The van der Waals surface area contributed by atoms with Crippen LogP contribution in [0.2, 0.25) is 0 Å². The Morgan fingerprint density at radius 2 is 1.84 bits per heavy atom. The molecule has 0 fully saturated rings. The van der Waals surface area contributed by atoms with Crippen LogP contribution in [0.3, 0.4) is 0 Å². The number of para-hydroxylation sites is 1. The fourth-order valence-electron chi connectivity index (χ4n) is 2.55. The molecule has 3 aromatic carbocycles.